The van der Waals surface area contributed by atoms with Crippen LogP contribution in [0.2, 0.25) is 5.02 Å². The lowest BCUT2D eigenvalue weighted by Gasteiger charge is -2.51. The molecule has 1 aliphatic heterocycles. The number of carbonyl (C=O) groups excluding carboxylic acids is 1. The summed E-state index contributed by atoms with van der Waals surface area (Å²) in [6, 6.07) is 11.5. The molecule has 0 radical (unpaired) electrons. The normalized spacial score (nSPS) is 19.2. The van der Waals surface area contributed by atoms with Gasteiger partial charge in [-0.2, -0.15) is 0 Å². The fourth-order valence-electron chi connectivity index (χ4n) is 5.16. The average molecular weight is 462 g/mol. The number of nitrogens with zero attached hydrogens (tertiary/aromatic N) is 4. The minimum Gasteiger partial charge on any atom is -0.368 e. The molecule has 1 saturated heterocycles. The number of aryl methyl sites for hydroxylation is 1. The predicted molar refractivity (Wildman–Crippen MR) is 130 cm³/mol. The number of rotatable bonds is 5. The van der Waals surface area contributed by atoms with Crippen LogP contribution in [0, 0.1) is 12.3 Å². The minimum absolute atomic E-state index is 0.0474. The third-order valence-corrected chi connectivity index (χ3v) is 7.35. The Morgan fingerprint density at radius 3 is 2.67 bits per heavy atom. The van der Waals surface area contributed by atoms with Crippen molar-refractivity contribution in [3.05, 3.63) is 71.1 Å². The highest BCUT2D eigenvalue weighted by Crippen LogP contribution is 2.50. The van der Waals surface area contributed by atoms with E-state index < -0.39 is 0 Å². The van der Waals surface area contributed by atoms with Gasteiger partial charge in [0.05, 0.1) is 10.6 Å². The molecule has 0 bridgehead atoms. The van der Waals surface area contributed by atoms with E-state index in [2.05, 4.69) is 20.3 Å². The van der Waals surface area contributed by atoms with Crippen LogP contribution in [-0.2, 0) is 0 Å². The van der Waals surface area contributed by atoms with E-state index in [9.17, 15) is 4.79 Å². The average Bonchev–Trinajstić information content (AvgIpc) is 2.82. The fraction of sp³-hybridized carbons (Fsp3) is 0.385. The van der Waals surface area contributed by atoms with Crippen molar-refractivity contribution in [3.63, 3.8) is 0 Å². The summed E-state index contributed by atoms with van der Waals surface area (Å²) >= 11 is 5.98. The molecular formula is C26H28ClN5O. The minimum atomic E-state index is 0.0474. The molecule has 1 amide bonds. The molecule has 1 aliphatic carbocycles. The molecule has 2 fully saturated rings. The molecule has 3 heterocycles. The second-order valence-corrected chi connectivity index (χ2v) is 9.76. The zero-order valence-corrected chi connectivity index (χ0v) is 19.6. The maximum absolute atomic E-state index is 13.9. The SMILES string of the molecule is Cc1ccc(-c2ncccn2)c(C(=O)N2CCC3(CCC3)CC2CNc2ccc(Cl)cn2)c1. The first kappa shape index (κ1) is 21.8. The van der Waals surface area contributed by atoms with E-state index in [1.807, 2.05) is 42.2 Å². The van der Waals surface area contributed by atoms with Gasteiger partial charge in [0.1, 0.15) is 5.82 Å². The van der Waals surface area contributed by atoms with Crippen molar-refractivity contribution in [2.24, 2.45) is 5.41 Å². The van der Waals surface area contributed by atoms with Gasteiger partial charge in [-0.25, -0.2) is 15.0 Å². The highest BCUT2D eigenvalue weighted by Gasteiger charge is 2.45. The quantitative estimate of drug-likeness (QED) is 0.551. The number of nitrogens with one attached hydrogen (secondary N) is 1. The van der Waals surface area contributed by atoms with Crippen molar-refractivity contribution in [2.75, 3.05) is 18.4 Å². The number of benzene rings is 1. The summed E-state index contributed by atoms with van der Waals surface area (Å²) in [5.74, 6) is 1.40. The molecule has 2 aliphatic rings. The smallest absolute Gasteiger partial charge is 0.254 e. The Labute approximate surface area is 199 Å². The fourth-order valence-corrected chi connectivity index (χ4v) is 5.27. The molecule has 7 heteroatoms. The highest BCUT2D eigenvalue weighted by atomic mass is 35.5. The molecule has 1 aromatic carbocycles. The molecule has 1 saturated carbocycles. The molecular weight excluding hydrogens is 434 g/mol. The molecule has 5 rings (SSSR count). The zero-order chi connectivity index (χ0) is 22.8. The van der Waals surface area contributed by atoms with E-state index in [1.54, 1.807) is 24.7 Å². The van der Waals surface area contributed by atoms with Crippen LogP contribution in [0.25, 0.3) is 11.4 Å². The summed E-state index contributed by atoms with van der Waals surface area (Å²) < 4.78 is 0. The Bertz CT molecular complexity index is 1130. The number of halogens is 1. The van der Waals surface area contributed by atoms with Gasteiger partial charge in [0.15, 0.2) is 5.82 Å². The standard InChI is InChI=1S/C26H28ClN5O/c1-18-4-6-21(24-28-11-3-12-29-24)22(14-18)25(33)32-13-10-26(8-2-9-26)15-20(32)17-31-23-7-5-19(27)16-30-23/h3-7,11-12,14,16,20H,2,8-10,13,15,17H2,1H3,(H,30,31). The van der Waals surface area contributed by atoms with Gasteiger partial charge < -0.3 is 10.2 Å². The number of aromatic nitrogens is 3. The van der Waals surface area contributed by atoms with Crippen LogP contribution in [0.15, 0.2) is 55.0 Å². The van der Waals surface area contributed by atoms with Crippen molar-refractivity contribution < 1.29 is 4.79 Å². The number of hydrogen-bond donors (Lipinski definition) is 1. The highest BCUT2D eigenvalue weighted by molar-refractivity contribution is 6.30. The Balaban J connectivity index is 1.43. The van der Waals surface area contributed by atoms with Gasteiger partial charge in [0.25, 0.3) is 5.91 Å². The summed E-state index contributed by atoms with van der Waals surface area (Å²) in [6.07, 6.45) is 11.0. The first-order valence-corrected chi connectivity index (χ1v) is 12.0. The molecule has 170 valence electrons. The van der Waals surface area contributed by atoms with Crippen LogP contribution < -0.4 is 5.32 Å². The summed E-state index contributed by atoms with van der Waals surface area (Å²) in [5.41, 5.74) is 2.88. The van der Waals surface area contributed by atoms with Gasteiger partial charge in [0.2, 0.25) is 0 Å². The van der Waals surface area contributed by atoms with E-state index in [0.717, 1.165) is 36.3 Å². The second kappa shape index (κ2) is 9.10. The summed E-state index contributed by atoms with van der Waals surface area (Å²) in [7, 11) is 0. The van der Waals surface area contributed by atoms with Gasteiger partial charge in [-0.05, 0) is 62.3 Å². The van der Waals surface area contributed by atoms with Crippen molar-refractivity contribution in [1.82, 2.24) is 19.9 Å². The number of anilines is 1. The lowest BCUT2D eigenvalue weighted by molar-refractivity contribution is 0.00333. The molecule has 1 unspecified atom stereocenters. The van der Waals surface area contributed by atoms with Crippen molar-refractivity contribution >= 4 is 23.3 Å². The van der Waals surface area contributed by atoms with E-state index in [-0.39, 0.29) is 11.9 Å². The Morgan fingerprint density at radius 2 is 1.97 bits per heavy atom. The molecule has 1 spiro atoms. The third-order valence-electron chi connectivity index (χ3n) is 7.13. The van der Waals surface area contributed by atoms with Crippen LogP contribution >= 0.6 is 11.6 Å². The topological polar surface area (TPSA) is 71.0 Å². The largest absolute Gasteiger partial charge is 0.368 e. The zero-order valence-electron chi connectivity index (χ0n) is 18.8. The molecule has 3 aromatic rings. The molecule has 2 aromatic heterocycles. The van der Waals surface area contributed by atoms with Crippen molar-refractivity contribution in [3.8, 4) is 11.4 Å². The first-order valence-electron chi connectivity index (χ1n) is 11.6. The maximum atomic E-state index is 13.9. The van der Waals surface area contributed by atoms with Crippen molar-refractivity contribution in [2.45, 2.75) is 45.1 Å². The molecule has 33 heavy (non-hydrogen) atoms. The summed E-state index contributed by atoms with van der Waals surface area (Å²) in [4.78, 5) is 29.2. The van der Waals surface area contributed by atoms with Crippen LogP contribution in [-0.4, -0.2) is 44.9 Å². The van der Waals surface area contributed by atoms with E-state index >= 15 is 0 Å². The molecule has 6 nitrogen and oxygen atoms in total. The number of pyridine rings is 1. The Hall–Kier alpha value is -2.99. The maximum Gasteiger partial charge on any atom is 0.254 e. The van der Waals surface area contributed by atoms with Gasteiger partial charge in [-0.3, -0.25) is 4.79 Å². The number of piperidine rings is 1. The van der Waals surface area contributed by atoms with E-state index in [1.165, 1.54) is 19.3 Å². The number of amides is 1. The van der Waals surface area contributed by atoms with Crippen LogP contribution in [0.5, 0.6) is 0 Å². The predicted octanol–water partition coefficient (Wildman–Crippen LogP) is 5.39. The Morgan fingerprint density at radius 1 is 1.15 bits per heavy atom. The Kier molecular flexibility index (Phi) is 6.02. The number of hydrogen-bond acceptors (Lipinski definition) is 5. The number of likely N-dealkylation sites (tertiary alicyclic amines) is 1. The lowest BCUT2D eigenvalue weighted by Crippen LogP contribution is -2.54. The molecule has 1 N–H and O–H groups in total. The van der Waals surface area contributed by atoms with Gasteiger partial charge >= 0.3 is 0 Å². The van der Waals surface area contributed by atoms with Crippen molar-refractivity contribution in [1.29, 1.82) is 0 Å². The summed E-state index contributed by atoms with van der Waals surface area (Å²) in [5, 5.41) is 4.04. The van der Waals surface area contributed by atoms with Gasteiger partial charge in [-0.15, -0.1) is 0 Å². The van der Waals surface area contributed by atoms with Gasteiger partial charge in [0, 0.05) is 43.3 Å². The number of carbonyl (C=O) groups is 1. The second-order valence-electron chi connectivity index (χ2n) is 9.32. The van der Waals surface area contributed by atoms with Crippen LogP contribution in [0.3, 0.4) is 0 Å². The van der Waals surface area contributed by atoms with Crippen LogP contribution in [0.4, 0.5) is 5.82 Å². The molecule has 1 atom stereocenters. The lowest BCUT2D eigenvalue weighted by atomic mass is 9.61. The first-order chi connectivity index (χ1) is 16.0. The van der Waals surface area contributed by atoms with Gasteiger partial charge in [-0.1, -0.05) is 35.7 Å². The monoisotopic (exact) mass is 461 g/mol. The van der Waals surface area contributed by atoms with E-state index in [4.69, 9.17) is 11.6 Å². The van der Waals surface area contributed by atoms with E-state index in [0.29, 0.717) is 28.4 Å². The summed E-state index contributed by atoms with van der Waals surface area (Å²) in [6.45, 7) is 3.44. The van der Waals surface area contributed by atoms with Crippen LogP contribution in [0.1, 0.15) is 48.0 Å². The third kappa shape index (κ3) is 4.58.